The van der Waals surface area contributed by atoms with Gasteiger partial charge in [0, 0.05) is 20.1 Å². The van der Waals surface area contributed by atoms with Gasteiger partial charge in [0.15, 0.2) is 0 Å². The van der Waals surface area contributed by atoms with Crippen LogP contribution < -0.4 is 10.6 Å². The third-order valence-electron chi connectivity index (χ3n) is 4.69. The number of hydrogen-bond donors (Lipinski definition) is 2. The molecule has 1 aromatic rings. The van der Waals surface area contributed by atoms with Gasteiger partial charge in [0.2, 0.25) is 0 Å². The molecule has 0 spiro atoms. The molecule has 1 aromatic carbocycles. The van der Waals surface area contributed by atoms with Crippen molar-refractivity contribution in [2.45, 2.75) is 6.04 Å². The number of likely N-dealkylation sites (N-methyl/N-ethyl adjacent to an activating group) is 1. The quantitative estimate of drug-likeness (QED) is 0.772. The van der Waals surface area contributed by atoms with Gasteiger partial charge in [-0.1, -0.05) is 44.5 Å². The summed E-state index contributed by atoms with van der Waals surface area (Å²) < 4.78 is 13.5. The molecule has 0 saturated heterocycles. The first-order chi connectivity index (χ1) is 12.1. The smallest absolute Gasteiger partial charge is 0.141 e. The van der Waals surface area contributed by atoms with E-state index in [4.69, 9.17) is 11.6 Å². The van der Waals surface area contributed by atoms with Crippen molar-refractivity contribution in [1.29, 1.82) is 0 Å². The first-order valence-electron chi connectivity index (χ1n) is 8.37. The van der Waals surface area contributed by atoms with E-state index in [9.17, 15) is 4.39 Å². The van der Waals surface area contributed by atoms with Crippen LogP contribution >= 0.6 is 20.2 Å². The maximum absolute atomic E-state index is 13.5. The predicted octanol–water partition coefficient (Wildman–Crippen LogP) is 3.67. The van der Waals surface area contributed by atoms with Gasteiger partial charge < -0.3 is 15.5 Å². The van der Waals surface area contributed by atoms with Gasteiger partial charge in [-0.2, -0.15) is 0 Å². The lowest BCUT2D eigenvalue weighted by Crippen LogP contribution is -2.46. The van der Waals surface area contributed by atoms with Crippen LogP contribution in [0.4, 0.5) is 4.39 Å². The molecule has 0 aliphatic carbocycles. The third kappa shape index (κ3) is 3.21. The van der Waals surface area contributed by atoms with Crippen LogP contribution in [0.3, 0.4) is 0 Å². The Kier molecular flexibility index (Phi) is 4.58. The molecule has 130 valence electrons. The van der Waals surface area contributed by atoms with Crippen LogP contribution in [0.5, 0.6) is 0 Å². The summed E-state index contributed by atoms with van der Waals surface area (Å²) in [6.45, 7) is 1.93. The number of nitrogens with zero attached hydrogens (tertiary/aromatic N) is 1. The fourth-order valence-electron chi connectivity index (χ4n) is 3.37. The Morgan fingerprint density at radius 3 is 3.04 bits per heavy atom. The molecule has 0 fully saturated rings. The molecule has 3 heterocycles. The maximum Gasteiger partial charge on any atom is 0.141 e. The standard InChI is InChI=1S/C19H20ClFN3P/c1-24-9-8-22-19-17(24)7-6-16(23-19)13-3-2-10-25-18(13)12-4-5-15(21)14(20)11-12/h2-7,11,16,22-23,25H,8-10H2,1H3. The lowest BCUT2D eigenvalue weighted by atomic mass is 9.99. The summed E-state index contributed by atoms with van der Waals surface area (Å²) in [6.07, 6.45) is 9.78. The van der Waals surface area contributed by atoms with Crippen LogP contribution in [0.1, 0.15) is 5.56 Å². The third-order valence-corrected chi connectivity index (χ3v) is 6.35. The Bertz CT molecular complexity index is 828. The van der Waals surface area contributed by atoms with Crippen molar-refractivity contribution in [2.24, 2.45) is 0 Å². The molecule has 2 unspecified atom stereocenters. The maximum atomic E-state index is 13.5. The molecule has 6 heteroatoms. The topological polar surface area (TPSA) is 27.3 Å². The second-order valence-corrected chi connectivity index (χ2v) is 8.00. The number of dihydropyridines is 1. The fraction of sp³-hybridized carbons (Fsp3) is 0.263. The van der Waals surface area contributed by atoms with Gasteiger partial charge in [-0.25, -0.2) is 4.39 Å². The minimum atomic E-state index is -0.373. The van der Waals surface area contributed by atoms with Gasteiger partial charge >= 0.3 is 0 Å². The molecule has 0 aromatic heterocycles. The highest BCUT2D eigenvalue weighted by molar-refractivity contribution is 7.50. The number of allylic oxidation sites excluding steroid dienone is 2. The summed E-state index contributed by atoms with van der Waals surface area (Å²) in [5.41, 5.74) is 3.43. The Labute approximate surface area is 154 Å². The highest BCUT2D eigenvalue weighted by atomic mass is 35.5. The van der Waals surface area contributed by atoms with Crippen molar-refractivity contribution >= 4 is 25.5 Å². The van der Waals surface area contributed by atoms with Crippen LogP contribution in [0.15, 0.2) is 59.6 Å². The van der Waals surface area contributed by atoms with Gasteiger partial charge in [-0.3, -0.25) is 0 Å². The lowest BCUT2D eigenvalue weighted by Gasteiger charge is -2.36. The predicted molar refractivity (Wildman–Crippen MR) is 104 cm³/mol. The zero-order chi connectivity index (χ0) is 17.4. The Balaban J connectivity index is 1.70. The van der Waals surface area contributed by atoms with Crippen molar-refractivity contribution in [3.8, 4) is 0 Å². The molecule has 2 N–H and O–H groups in total. The van der Waals surface area contributed by atoms with E-state index < -0.39 is 0 Å². The van der Waals surface area contributed by atoms with Crippen LogP contribution in [0.25, 0.3) is 5.31 Å². The van der Waals surface area contributed by atoms with Gasteiger partial charge in [0.05, 0.1) is 16.8 Å². The fourth-order valence-corrected chi connectivity index (χ4v) is 4.79. The van der Waals surface area contributed by atoms with Crippen molar-refractivity contribution in [3.63, 3.8) is 0 Å². The number of benzene rings is 1. The minimum absolute atomic E-state index is 0.0978. The highest BCUT2D eigenvalue weighted by Crippen LogP contribution is 2.42. The Morgan fingerprint density at radius 2 is 2.20 bits per heavy atom. The van der Waals surface area contributed by atoms with E-state index in [1.54, 1.807) is 6.07 Å². The van der Waals surface area contributed by atoms with E-state index in [0.29, 0.717) is 8.58 Å². The molecule has 0 radical (unpaired) electrons. The summed E-state index contributed by atoms with van der Waals surface area (Å²) in [4.78, 5) is 2.25. The SMILES string of the molecule is CN1CCNC2=C1C=CC(C1=C(c3ccc(F)c(Cl)c3)PCC=C1)N2. The molecule has 3 nitrogen and oxygen atoms in total. The van der Waals surface area contributed by atoms with E-state index in [1.165, 1.54) is 22.7 Å². The van der Waals surface area contributed by atoms with Crippen LogP contribution in [0, 0.1) is 5.82 Å². The molecular weight excluding hydrogens is 356 g/mol. The second-order valence-electron chi connectivity index (χ2n) is 6.33. The number of halogens is 2. The van der Waals surface area contributed by atoms with E-state index in [0.717, 1.165) is 30.6 Å². The largest absolute Gasteiger partial charge is 0.370 e. The normalized spacial score (nSPS) is 23.6. The second kappa shape index (κ2) is 6.86. The first kappa shape index (κ1) is 16.7. The average molecular weight is 376 g/mol. The van der Waals surface area contributed by atoms with E-state index >= 15 is 0 Å². The summed E-state index contributed by atoms with van der Waals surface area (Å²) in [5.74, 6) is 0.703. The summed E-state index contributed by atoms with van der Waals surface area (Å²) in [7, 11) is 2.76. The molecule has 0 saturated carbocycles. The van der Waals surface area contributed by atoms with Crippen LogP contribution in [-0.2, 0) is 0 Å². The molecule has 0 amide bonds. The Hall–Kier alpha value is -1.77. The van der Waals surface area contributed by atoms with Crippen molar-refractivity contribution < 1.29 is 4.39 Å². The molecule has 4 rings (SSSR count). The molecule has 3 aliphatic heterocycles. The van der Waals surface area contributed by atoms with Crippen LogP contribution in [0.2, 0.25) is 5.02 Å². The zero-order valence-corrected chi connectivity index (χ0v) is 15.7. The number of rotatable bonds is 2. The molecule has 25 heavy (non-hydrogen) atoms. The Morgan fingerprint density at radius 1 is 1.32 bits per heavy atom. The average Bonchev–Trinajstić information content (AvgIpc) is 2.64. The van der Waals surface area contributed by atoms with Gasteiger partial charge in [-0.15, -0.1) is 0 Å². The summed E-state index contributed by atoms with van der Waals surface area (Å²) in [5, 5.41) is 8.49. The summed E-state index contributed by atoms with van der Waals surface area (Å²) >= 11 is 6.01. The molecule has 3 aliphatic rings. The van der Waals surface area contributed by atoms with Crippen molar-refractivity contribution in [2.75, 3.05) is 26.3 Å². The van der Waals surface area contributed by atoms with E-state index in [2.05, 4.69) is 46.9 Å². The van der Waals surface area contributed by atoms with Crippen molar-refractivity contribution in [1.82, 2.24) is 15.5 Å². The van der Waals surface area contributed by atoms with Crippen molar-refractivity contribution in [3.05, 3.63) is 76.0 Å². The van der Waals surface area contributed by atoms with Gasteiger partial charge in [-0.05, 0) is 40.8 Å². The number of nitrogens with one attached hydrogen (secondary N) is 2. The minimum Gasteiger partial charge on any atom is -0.370 e. The van der Waals surface area contributed by atoms with E-state index in [1.807, 2.05) is 6.07 Å². The van der Waals surface area contributed by atoms with Gasteiger partial charge in [0.1, 0.15) is 11.6 Å². The lowest BCUT2D eigenvalue weighted by molar-refractivity contribution is 0.375. The van der Waals surface area contributed by atoms with Crippen LogP contribution in [-0.4, -0.2) is 37.2 Å². The monoisotopic (exact) mass is 375 g/mol. The highest BCUT2D eigenvalue weighted by Gasteiger charge is 2.25. The molecule has 0 bridgehead atoms. The first-order valence-corrected chi connectivity index (χ1v) is 9.96. The van der Waals surface area contributed by atoms with Gasteiger partial charge in [0.25, 0.3) is 0 Å². The molecular formula is C19H20ClFN3P. The summed E-state index contributed by atoms with van der Waals surface area (Å²) in [6, 6.07) is 5.11. The van der Waals surface area contributed by atoms with E-state index in [-0.39, 0.29) is 16.9 Å². The zero-order valence-electron chi connectivity index (χ0n) is 13.9. The molecule has 2 atom stereocenters. The number of hydrogen-bond acceptors (Lipinski definition) is 3.